The molecule has 0 aliphatic rings. The average molecular weight is 439 g/mol. The third kappa shape index (κ3) is 7.69. The standard InChI is InChI=1S/C23H28N4OS.C2H6/c1-6-8-13-25-20-12-14-26-22-19(20)15-21(29-22)23(28)27(16-24-5)18(4)11-9-10-17(3)7-2;1-2/h7,9,11-12,14-16,18H,10,13H2,1-5H3,(H,25,26);1-2H3/b11-9-,17-7-,24-16?;. The fourth-order valence-electron chi connectivity index (χ4n) is 2.68. The molecule has 1 unspecified atom stereocenters. The van der Waals surface area contributed by atoms with Crippen LogP contribution in [0.25, 0.3) is 10.2 Å². The van der Waals surface area contributed by atoms with E-state index in [0.29, 0.717) is 11.4 Å². The number of rotatable bonds is 8. The summed E-state index contributed by atoms with van der Waals surface area (Å²) in [6.07, 6.45) is 10.4. The summed E-state index contributed by atoms with van der Waals surface area (Å²) in [7, 11) is 1.67. The molecule has 0 bridgehead atoms. The van der Waals surface area contributed by atoms with Gasteiger partial charge in [-0.05, 0) is 46.2 Å². The Hall–Kier alpha value is -2.91. The first-order valence-electron chi connectivity index (χ1n) is 10.6. The number of thiophene rings is 1. The van der Waals surface area contributed by atoms with E-state index in [-0.39, 0.29) is 11.9 Å². The molecule has 0 fully saturated rings. The minimum atomic E-state index is -0.105. The Balaban J connectivity index is 0.00000233. The Kier molecular flexibility index (Phi) is 11.9. The summed E-state index contributed by atoms with van der Waals surface area (Å²) in [6.45, 7) is 12.5. The topological polar surface area (TPSA) is 57.6 Å². The van der Waals surface area contributed by atoms with Crippen molar-refractivity contribution >= 4 is 39.5 Å². The van der Waals surface area contributed by atoms with E-state index in [4.69, 9.17) is 0 Å². The minimum absolute atomic E-state index is 0.0854. The summed E-state index contributed by atoms with van der Waals surface area (Å²) in [5.41, 5.74) is 2.22. The molecule has 2 aromatic heterocycles. The molecule has 1 N–H and O–H groups in total. The fraction of sp³-hybridized carbons (Fsp3) is 0.400. The van der Waals surface area contributed by atoms with E-state index >= 15 is 0 Å². The first-order valence-corrected chi connectivity index (χ1v) is 11.4. The molecule has 2 aromatic rings. The van der Waals surface area contributed by atoms with Crippen LogP contribution >= 0.6 is 11.3 Å². The Morgan fingerprint density at radius 3 is 2.81 bits per heavy atom. The highest BCUT2D eigenvalue weighted by Gasteiger charge is 2.21. The summed E-state index contributed by atoms with van der Waals surface area (Å²) < 4.78 is 0. The lowest BCUT2D eigenvalue weighted by molar-refractivity contribution is 0.0839. The zero-order chi connectivity index (χ0) is 23.2. The Morgan fingerprint density at radius 1 is 1.42 bits per heavy atom. The molecule has 6 heteroatoms. The van der Waals surface area contributed by atoms with E-state index in [1.54, 1.807) is 24.5 Å². The highest BCUT2D eigenvalue weighted by atomic mass is 32.1. The van der Waals surface area contributed by atoms with Gasteiger partial charge >= 0.3 is 0 Å². The third-order valence-corrected chi connectivity index (χ3v) is 5.48. The van der Waals surface area contributed by atoms with Gasteiger partial charge in [-0.2, -0.15) is 0 Å². The van der Waals surface area contributed by atoms with Crippen LogP contribution in [0.1, 0.15) is 57.6 Å². The lowest BCUT2D eigenvalue weighted by atomic mass is 10.1. The van der Waals surface area contributed by atoms with Gasteiger partial charge in [-0.25, -0.2) is 4.98 Å². The number of fused-ring (bicyclic) bond motifs is 1. The van der Waals surface area contributed by atoms with Crippen LogP contribution in [0, 0.1) is 11.8 Å². The summed E-state index contributed by atoms with van der Waals surface area (Å²) >= 11 is 1.39. The first-order chi connectivity index (χ1) is 15.0. The number of amides is 1. The van der Waals surface area contributed by atoms with E-state index in [2.05, 4.69) is 46.2 Å². The molecule has 1 atom stereocenters. The van der Waals surface area contributed by atoms with Gasteiger partial charge in [0, 0.05) is 24.3 Å². The van der Waals surface area contributed by atoms with Gasteiger partial charge in [-0.1, -0.05) is 43.6 Å². The molecule has 166 valence electrons. The third-order valence-electron chi connectivity index (χ3n) is 4.45. The maximum Gasteiger partial charge on any atom is 0.269 e. The van der Waals surface area contributed by atoms with Crippen molar-refractivity contribution in [3.63, 3.8) is 0 Å². The summed E-state index contributed by atoms with van der Waals surface area (Å²) in [5.74, 6) is 5.77. The Labute approximate surface area is 191 Å². The maximum atomic E-state index is 13.2. The van der Waals surface area contributed by atoms with Crippen molar-refractivity contribution in [2.45, 2.75) is 54.0 Å². The molecular formula is C25H34N4OS. The van der Waals surface area contributed by atoms with Crippen molar-refractivity contribution in [2.24, 2.45) is 4.99 Å². The van der Waals surface area contributed by atoms with Crippen LogP contribution < -0.4 is 5.32 Å². The number of carbonyl (C=O) groups is 1. The van der Waals surface area contributed by atoms with Crippen LogP contribution in [-0.2, 0) is 0 Å². The number of nitrogens with one attached hydrogen (secondary N) is 1. The highest BCUT2D eigenvalue weighted by Crippen LogP contribution is 2.30. The molecule has 5 nitrogen and oxygen atoms in total. The second-order valence-electron chi connectivity index (χ2n) is 6.56. The number of aliphatic imine (C=N–C) groups is 1. The van der Waals surface area contributed by atoms with Crippen LogP contribution in [0.3, 0.4) is 0 Å². The maximum absolute atomic E-state index is 13.2. The normalized spacial score (nSPS) is 12.3. The fourth-order valence-corrected chi connectivity index (χ4v) is 3.65. The molecule has 0 radical (unpaired) electrons. The molecule has 2 rings (SSSR count). The van der Waals surface area contributed by atoms with Crippen molar-refractivity contribution in [3.05, 3.63) is 47.0 Å². The summed E-state index contributed by atoms with van der Waals surface area (Å²) in [4.78, 5) is 24.8. The number of allylic oxidation sites excluding steroid dienone is 3. The minimum Gasteiger partial charge on any atom is -0.374 e. The van der Waals surface area contributed by atoms with E-state index in [9.17, 15) is 4.79 Å². The first kappa shape index (κ1) is 26.1. The van der Waals surface area contributed by atoms with Gasteiger partial charge in [-0.3, -0.25) is 14.7 Å². The van der Waals surface area contributed by atoms with Gasteiger partial charge in [0.25, 0.3) is 5.91 Å². The predicted molar refractivity (Wildman–Crippen MR) is 136 cm³/mol. The predicted octanol–water partition coefficient (Wildman–Crippen LogP) is 6.16. The number of hydrogen-bond donors (Lipinski definition) is 1. The highest BCUT2D eigenvalue weighted by molar-refractivity contribution is 7.20. The molecule has 0 saturated carbocycles. The van der Waals surface area contributed by atoms with Crippen molar-refractivity contribution in [1.82, 2.24) is 9.88 Å². The largest absolute Gasteiger partial charge is 0.374 e. The van der Waals surface area contributed by atoms with E-state index in [0.717, 1.165) is 22.3 Å². The number of nitrogens with zero attached hydrogens (tertiary/aromatic N) is 3. The lowest BCUT2D eigenvalue weighted by Gasteiger charge is -2.22. The van der Waals surface area contributed by atoms with E-state index < -0.39 is 0 Å². The molecule has 2 heterocycles. The molecule has 31 heavy (non-hydrogen) atoms. The van der Waals surface area contributed by atoms with Crippen LogP contribution in [0.15, 0.2) is 47.1 Å². The van der Waals surface area contributed by atoms with Crippen LogP contribution in [0.2, 0.25) is 0 Å². The van der Waals surface area contributed by atoms with Crippen molar-refractivity contribution < 1.29 is 4.79 Å². The smallest absolute Gasteiger partial charge is 0.269 e. The van der Waals surface area contributed by atoms with Crippen molar-refractivity contribution in [1.29, 1.82) is 0 Å². The average Bonchev–Trinajstić information content (AvgIpc) is 3.23. The second kappa shape index (κ2) is 14.2. The second-order valence-corrected chi connectivity index (χ2v) is 7.59. The van der Waals surface area contributed by atoms with Crippen molar-refractivity contribution in [3.8, 4) is 11.8 Å². The van der Waals surface area contributed by atoms with Gasteiger partial charge < -0.3 is 5.32 Å². The Bertz CT molecular complexity index is 992. The van der Waals surface area contributed by atoms with E-state index in [1.165, 1.54) is 16.9 Å². The number of anilines is 1. The van der Waals surface area contributed by atoms with Gasteiger partial charge in [0.2, 0.25) is 0 Å². The number of hydrogen-bond acceptors (Lipinski definition) is 5. The molecule has 0 saturated heterocycles. The van der Waals surface area contributed by atoms with Gasteiger partial charge in [0.15, 0.2) is 0 Å². The Morgan fingerprint density at radius 2 is 2.16 bits per heavy atom. The molecule has 0 aliphatic heterocycles. The number of carbonyl (C=O) groups excluding carboxylic acids is 1. The number of pyridine rings is 1. The molecule has 0 aliphatic carbocycles. The molecule has 0 aromatic carbocycles. The molecule has 0 spiro atoms. The molecular weight excluding hydrogens is 404 g/mol. The van der Waals surface area contributed by atoms with Gasteiger partial charge in [0.05, 0.1) is 23.8 Å². The SMILES string of the molecule is CC.CC#CCNc1ccnc2sc(C(=O)N(C=NC)C(C)/C=C\C/C(C)=C\C)cc12. The summed E-state index contributed by atoms with van der Waals surface area (Å²) in [5, 5.41) is 4.22. The zero-order valence-electron chi connectivity index (χ0n) is 19.7. The van der Waals surface area contributed by atoms with E-state index in [1.807, 2.05) is 52.8 Å². The van der Waals surface area contributed by atoms with Gasteiger partial charge in [-0.15, -0.1) is 17.3 Å². The van der Waals surface area contributed by atoms with Crippen LogP contribution in [0.5, 0.6) is 0 Å². The quantitative estimate of drug-likeness (QED) is 0.232. The van der Waals surface area contributed by atoms with Crippen molar-refractivity contribution in [2.75, 3.05) is 18.9 Å². The summed E-state index contributed by atoms with van der Waals surface area (Å²) in [6, 6.07) is 3.70. The van der Waals surface area contributed by atoms with Gasteiger partial charge in [0.1, 0.15) is 4.83 Å². The zero-order valence-corrected chi connectivity index (χ0v) is 20.5. The molecule has 1 amide bonds. The monoisotopic (exact) mass is 438 g/mol. The van der Waals surface area contributed by atoms with Crippen LogP contribution in [0.4, 0.5) is 5.69 Å². The number of aromatic nitrogens is 1. The van der Waals surface area contributed by atoms with Crippen LogP contribution in [-0.4, -0.2) is 41.8 Å². The lowest BCUT2D eigenvalue weighted by Crippen LogP contribution is -2.36.